The van der Waals surface area contributed by atoms with Gasteiger partial charge in [0.05, 0.1) is 11.1 Å². The van der Waals surface area contributed by atoms with E-state index in [0.717, 1.165) is 0 Å². The van der Waals surface area contributed by atoms with Crippen LogP contribution >= 0.6 is 0 Å². The summed E-state index contributed by atoms with van der Waals surface area (Å²) in [5.41, 5.74) is 0.181. The summed E-state index contributed by atoms with van der Waals surface area (Å²) in [6.07, 6.45) is 2.99. The smallest absolute Gasteiger partial charge is 0.346 e. The van der Waals surface area contributed by atoms with E-state index in [4.69, 9.17) is 9.47 Å². The largest absolute Gasteiger partial charge is 0.386 e. The number of hydrogen-bond donors (Lipinski definition) is 0. The average molecular weight is 330 g/mol. The van der Waals surface area contributed by atoms with E-state index in [1.807, 2.05) is 0 Å². The number of allylic oxidation sites excluding steroid dienone is 2. The van der Waals surface area contributed by atoms with Crippen LogP contribution in [0.5, 0.6) is 0 Å². The van der Waals surface area contributed by atoms with Crippen molar-refractivity contribution in [1.82, 2.24) is 0 Å². The lowest BCUT2D eigenvalue weighted by molar-refractivity contribution is -0.134. The van der Waals surface area contributed by atoms with Crippen LogP contribution in [0.2, 0.25) is 0 Å². The van der Waals surface area contributed by atoms with Crippen molar-refractivity contribution in [3.05, 3.63) is 58.7 Å². The van der Waals surface area contributed by atoms with Gasteiger partial charge < -0.3 is 9.47 Å². The molecule has 0 spiro atoms. The highest BCUT2D eigenvalue weighted by Gasteiger charge is 2.23. The third-order valence-corrected chi connectivity index (χ3v) is 3.25. The van der Waals surface area contributed by atoms with E-state index >= 15 is 0 Å². The maximum atomic E-state index is 12.1. The Labute approximate surface area is 139 Å². The Hall–Kier alpha value is -3.02. The fourth-order valence-corrected chi connectivity index (χ4v) is 1.51. The van der Waals surface area contributed by atoms with Crippen LogP contribution in [-0.4, -0.2) is 23.9 Å². The van der Waals surface area contributed by atoms with E-state index in [1.54, 1.807) is 13.8 Å². The van der Waals surface area contributed by atoms with Crippen molar-refractivity contribution in [2.24, 2.45) is 0 Å². The van der Waals surface area contributed by atoms with Crippen molar-refractivity contribution in [1.29, 1.82) is 0 Å². The van der Waals surface area contributed by atoms with Crippen molar-refractivity contribution < 1.29 is 28.7 Å². The van der Waals surface area contributed by atoms with Crippen LogP contribution in [0, 0.1) is 0 Å². The minimum Gasteiger partial charge on any atom is -0.386 e. The Kier molecular flexibility index (Phi) is 6.79. The maximum absolute atomic E-state index is 12.1. The maximum Gasteiger partial charge on any atom is 0.346 e. The molecular weight excluding hydrogens is 312 g/mol. The second kappa shape index (κ2) is 8.57. The summed E-state index contributed by atoms with van der Waals surface area (Å²) < 4.78 is 9.41. The van der Waals surface area contributed by atoms with E-state index in [1.165, 1.54) is 50.3 Å². The topological polar surface area (TPSA) is 86.7 Å². The lowest BCUT2D eigenvalue weighted by Gasteiger charge is -2.08. The molecule has 0 heterocycles. The van der Waals surface area contributed by atoms with Gasteiger partial charge >= 0.3 is 23.9 Å². The van der Waals surface area contributed by atoms with E-state index in [0.29, 0.717) is 0 Å². The van der Waals surface area contributed by atoms with Crippen LogP contribution in [0.1, 0.15) is 48.4 Å². The summed E-state index contributed by atoms with van der Waals surface area (Å²) in [5.74, 6) is -3.62. The van der Waals surface area contributed by atoms with Crippen LogP contribution in [0.25, 0.3) is 0 Å². The molecule has 0 amide bonds. The molecule has 0 aliphatic carbocycles. The molecule has 0 aromatic heterocycles. The number of ether oxygens (including phenoxy) is 2. The van der Waals surface area contributed by atoms with Gasteiger partial charge in [0.1, 0.15) is 0 Å². The molecule has 0 saturated carbocycles. The molecule has 0 N–H and O–H groups in total. The second-order valence-corrected chi connectivity index (χ2v) is 4.84. The first-order valence-electron chi connectivity index (χ1n) is 7.19. The molecule has 0 atom stereocenters. The molecular formula is C18H18O6. The fourth-order valence-electron chi connectivity index (χ4n) is 1.51. The molecule has 1 aromatic carbocycles. The van der Waals surface area contributed by atoms with Crippen LogP contribution in [-0.2, 0) is 19.1 Å². The molecule has 0 fully saturated rings. The monoisotopic (exact) mass is 330 g/mol. The molecule has 0 aliphatic heterocycles. The Morgan fingerprint density at radius 3 is 1.38 bits per heavy atom. The molecule has 1 rings (SSSR count). The molecule has 0 bridgehead atoms. The third-order valence-electron chi connectivity index (χ3n) is 3.25. The molecule has 1 aromatic rings. The minimum atomic E-state index is -0.996. The minimum absolute atomic E-state index is 0.161. The van der Waals surface area contributed by atoms with Crippen molar-refractivity contribution >= 4 is 23.9 Å². The van der Waals surface area contributed by atoms with Crippen molar-refractivity contribution in [3.8, 4) is 0 Å². The van der Waals surface area contributed by atoms with E-state index in [2.05, 4.69) is 0 Å². The number of carbonyl (C=O) groups excluding carboxylic acids is 4. The van der Waals surface area contributed by atoms with Gasteiger partial charge in [-0.3, -0.25) is 0 Å². The van der Waals surface area contributed by atoms with Crippen LogP contribution in [0.3, 0.4) is 0 Å². The lowest BCUT2D eigenvalue weighted by atomic mass is 10.1. The van der Waals surface area contributed by atoms with Gasteiger partial charge in [-0.2, -0.15) is 0 Å². The molecule has 24 heavy (non-hydrogen) atoms. The number of benzene rings is 1. The van der Waals surface area contributed by atoms with Crippen LogP contribution < -0.4 is 0 Å². The predicted octanol–water partition coefficient (Wildman–Crippen LogP) is 2.99. The van der Waals surface area contributed by atoms with Gasteiger partial charge in [0.15, 0.2) is 0 Å². The summed E-state index contributed by atoms with van der Waals surface area (Å²) in [6.45, 7) is 6.24. The van der Waals surface area contributed by atoms with Gasteiger partial charge in [0.25, 0.3) is 0 Å². The summed E-state index contributed by atoms with van der Waals surface area (Å²) in [5, 5.41) is 0. The average Bonchev–Trinajstić information content (AvgIpc) is 2.59. The normalized spacial score (nSPS) is 11.7. The SMILES string of the molecule is CC=C(C)C(=O)OC(=O)c1ccccc1C(=O)OC(=O)C(C)=CC. The highest BCUT2D eigenvalue weighted by Crippen LogP contribution is 2.14. The molecule has 126 valence electrons. The zero-order chi connectivity index (χ0) is 18.3. The summed E-state index contributed by atoms with van der Waals surface area (Å²) >= 11 is 0. The first-order chi connectivity index (χ1) is 11.3. The molecule has 0 aliphatic rings. The van der Waals surface area contributed by atoms with Crippen LogP contribution in [0.15, 0.2) is 47.6 Å². The van der Waals surface area contributed by atoms with Crippen molar-refractivity contribution in [2.75, 3.05) is 0 Å². The highest BCUT2D eigenvalue weighted by atomic mass is 16.6. The quantitative estimate of drug-likeness (QED) is 0.479. The third kappa shape index (κ3) is 4.74. The van der Waals surface area contributed by atoms with Crippen molar-refractivity contribution in [3.63, 3.8) is 0 Å². The van der Waals surface area contributed by atoms with Crippen molar-refractivity contribution in [2.45, 2.75) is 27.7 Å². The number of carbonyl (C=O) groups is 4. The molecule has 6 heteroatoms. The van der Waals surface area contributed by atoms with Crippen LogP contribution in [0.4, 0.5) is 0 Å². The number of rotatable bonds is 4. The van der Waals surface area contributed by atoms with Gasteiger partial charge in [-0.15, -0.1) is 0 Å². The standard InChI is InChI=1S/C18H18O6/c1-5-11(3)15(19)23-17(21)13-9-7-8-10-14(13)18(22)24-16(20)12(4)6-2/h5-10H,1-4H3. The lowest BCUT2D eigenvalue weighted by Crippen LogP contribution is -2.19. The molecule has 0 radical (unpaired) electrons. The summed E-state index contributed by atoms with van der Waals surface area (Å²) in [6, 6.07) is 5.62. The van der Waals surface area contributed by atoms with E-state index in [-0.39, 0.29) is 22.3 Å². The zero-order valence-electron chi connectivity index (χ0n) is 13.9. The fraction of sp³-hybridized carbons (Fsp3) is 0.222. The molecule has 0 unspecified atom stereocenters. The first-order valence-corrected chi connectivity index (χ1v) is 7.19. The molecule has 0 saturated heterocycles. The molecule has 6 nitrogen and oxygen atoms in total. The van der Waals surface area contributed by atoms with Gasteiger partial charge in [0.2, 0.25) is 0 Å². The second-order valence-electron chi connectivity index (χ2n) is 4.84. The Balaban J connectivity index is 3.04. The summed E-state index contributed by atoms with van der Waals surface area (Å²) in [4.78, 5) is 47.5. The first kappa shape index (κ1) is 19.0. The Morgan fingerprint density at radius 2 is 1.08 bits per heavy atom. The summed E-state index contributed by atoms with van der Waals surface area (Å²) in [7, 11) is 0. The predicted molar refractivity (Wildman–Crippen MR) is 86.1 cm³/mol. The highest BCUT2D eigenvalue weighted by molar-refractivity contribution is 6.10. The van der Waals surface area contributed by atoms with Gasteiger partial charge in [-0.1, -0.05) is 24.3 Å². The Bertz CT molecular complexity index is 677. The number of esters is 4. The van der Waals surface area contributed by atoms with Gasteiger partial charge in [0, 0.05) is 11.1 Å². The Morgan fingerprint density at radius 1 is 0.750 bits per heavy atom. The van der Waals surface area contributed by atoms with Gasteiger partial charge in [-0.25, -0.2) is 19.2 Å². The van der Waals surface area contributed by atoms with E-state index in [9.17, 15) is 19.2 Å². The number of hydrogen-bond acceptors (Lipinski definition) is 6. The zero-order valence-corrected chi connectivity index (χ0v) is 13.9. The van der Waals surface area contributed by atoms with Gasteiger partial charge in [-0.05, 0) is 39.8 Å². The van der Waals surface area contributed by atoms with E-state index < -0.39 is 23.9 Å².